The molecule has 7 nitrogen and oxygen atoms in total. The number of carboxylic acid groups (broad SMARTS) is 1. The maximum Gasteiger partial charge on any atom is 0.416 e. The molecule has 2 aromatic heterocycles. The van der Waals surface area contributed by atoms with E-state index in [4.69, 9.17) is 5.11 Å². The van der Waals surface area contributed by atoms with Gasteiger partial charge in [0.05, 0.1) is 34.4 Å². The number of aliphatic imine (C=N–C) groups is 2. The van der Waals surface area contributed by atoms with Crippen molar-refractivity contribution >= 4 is 47.0 Å². The summed E-state index contributed by atoms with van der Waals surface area (Å²) in [6.07, 6.45) is -1.70. The van der Waals surface area contributed by atoms with Crippen LogP contribution >= 0.6 is 11.5 Å². The molecule has 4 aromatic rings. The lowest BCUT2D eigenvalue weighted by Crippen LogP contribution is -2.04. The predicted octanol–water partition coefficient (Wildman–Crippen LogP) is 5.86. The summed E-state index contributed by atoms with van der Waals surface area (Å²) in [6, 6.07) is 8.72. The van der Waals surface area contributed by atoms with Crippen LogP contribution in [0.15, 0.2) is 58.6 Å². The number of rotatable bonds is 7. The zero-order valence-electron chi connectivity index (χ0n) is 17.7. The van der Waals surface area contributed by atoms with E-state index in [1.165, 1.54) is 36.7 Å². The number of hydrogen-bond acceptors (Lipinski definition) is 6. The van der Waals surface area contributed by atoms with Crippen LogP contribution in [-0.2, 0) is 12.7 Å². The zero-order chi connectivity index (χ0) is 25.2. The molecule has 0 radical (unpaired) electrons. The number of aromatic nitrogens is 3. The molecular weight excluding hydrogens is 486 g/mol. The molecule has 35 heavy (non-hydrogen) atoms. The van der Waals surface area contributed by atoms with Gasteiger partial charge in [-0.05, 0) is 60.2 Å². The minimum atomic E-state index is -4.51. The highest BCUT2D eigenvalue weighted by Gasteiger charge is 2.30. The number of carboxylic acids is 1. The van der Waals surface area contributed by atoms with Crippen molar-refractivity contribution in [2.24, 2.45) is 9.98 Å². The van der Waals surface area contributed by atoms with E-state index in [1.807, 2.05) is 0 Å². The van der Waals surface area contributed by atoms with Gasteiger partial charge in [0.2, 0.25) is 0 Å². The summed E-state index contributed by atoms with van der Waals surface area (Å²) in [5, 5.41) is 8.96. The highest BCUT2D eigenvalue weighted by molar-refractivity contribution is 7.08. The van der Waals surface area contributed by atoms with Gasteiger partial charge in [-0.3, -0.25) is 9.98 Å². The van der Waals surface area contributed by atoms with Crippen LogP contribution in [0.3, 0.4) is 0 Å². The van der Waals surface area contributed by atoms with Gasteiger partial charge in [-0.25, -0.2) is 14.2 Å². The first-order valence-corrected chi connectivity index (χ1v) is 10.6. The number of imidazole rings is 1. The van der Waals surface area contributed by atoms with Crippen molar-refractivity contribution < 1.29 is 27.5 Å². The summed E-state index contributed by atoms with van der Waals surface area (Å²) >= 11 is 0.847. The number of allylic oxidation sites excluding steroid dienone is 1. The minimum absolute atomic E-state index is 0.0741. The summed E-state index contributed by atoms with van der Waals surface area (Å²) in [6.45, 7) is 3.51. The highest BCUT2D eigenvalue weighted by atomic mass is 32.1. The third kappa shape index (κ3) is 5.32. The Balaban J connectivity index is 1.58. The quantitative estimate of drug-likeness (QED) is 0.245. The number of nitrogens with zero attached hydrogens (tertiary/aromatic N) is 4. The molecule has 0 atom stereocenters. The van der Waals surface area contributed by atoms with Crippen LogP contribution in [0.2, 0.25) is 0 Å². The van der Waals surface area contributed by atoms with Crippen LogP contribution in [-0.4, -0.2) is 38.3 Å². The van der Waals surface area contributed by atoms with Gasteiger partial charge in [0.1, 0.15) is 16.5 Å². The van der Waals surface area contributed by atoms with Crippen LogP contribution < -0.4 is 0 Å². The number of H-pyrrole nitrogens is 1. The lowest BCUT2D eigenvalue weighted by molar-refractivity contribution is -0.137. The molecule has 0 amide bonds. The first-order chi connectivity index (χ1) is 16.7. The molecule has 0 aliphatic rings. The lowest BCUT2D eigenvalue weighted by Gasteiger charge is -2.05. The predicted molar refractivity (Wildman–Crippen MR) is 125 cm³/mol. The molecule has 12 heteroatoms. The van der Waals surface area contributed by atoms with Crippen molar-refractivity contribution in [2.45, 2.75) is 12.7 Å². The third-order valence-corrected chi connectivity index (χ3v) is 5.67. The van der Waals surface area contributed by atoms with E-state index in [9.17, 15) is 22.4 Å². The van der Waals surface area contributed by atoms with E-state index in [0.717, 1.165) is 23.7 Å². The van der Waals surface area contributed by atoms with Gasteiger partial charge in [0, 0.05) is 18.0 Å². The first-order valence-electron chi connectivity index (χ1n) is 9.87. The average Bonchev–Trinajstić information content (AvgIpc) is 3.44. The molecule has 0 bridgehead atoms. The Bertz CT molecular complexity index is 1490. The number of hydrogen-bond donors (Lipinski definition) is 2. The Morgan fingerprint density at radius 2 is 2.00 bits per heavy atom. The third-order valence-electron chi connectivity index (χ3n) is 4.85. The lowest BCUT2D eigenvalue weighted by atomic mass is 10.0. The minimum Gasteiger partial charge on any atom is -0.477 e. The number of fused-ring (bicyclic) bond motifs is 1. The molecule has 178 valence electrons. The number of carbonyl (C=O) groups is 1. The summed E-state index contributed by atoms with van der Waals surface area (Å²) in [5.41, 5.74) is 0.961. The van der Waals surface area contributed by atoms with Crippen molar-refractivity contribution in [1.82, 2.24) is 14.3 Å². The largest absolute Gasteiger partial charge is 0.477 e. The van der Waals surface area contributed by atoms with Crippen molar-refractivity contribution in [3.63, 3.8) is 0 Å². The number of halogens is 4. The molecule has 0 fully saturated rings. The van der Waals surface area contributed by atoms with E-state index in [1.54, 1.807) is 6.07 Å². The van der Waals surface area contributed by atoms with Crippen LogP contribution in [0.25, 0.3) is 28.0 Å². The number of alkyl halides is 3. The Kier molecular flexibility index (Phi) is 6.56. The van der Waals surface area contributed by atoms with Crippen LogP contribution in [0.5, 0.6) is 0 Å². The van der Waals surface area contributed by atoms with Crippen molar-refractivity contribution in [2.75, 3.05) is 0 Å². The van der Waals surface area contributed by atoms with Gasteiger partial charge in [-0.1, -0.05) is 6.07 Å². The number of nitrogens with one attached hydrogen (secondary N) is 1. The molecule has 0 aliphatic heterocycles. The second-order valence-electron chi connectivity index (χ2n) is 7.23. The number of benzene rings is 2. The molecule has 0 spiro atoms. The van der Waals surface area contributed by atoms with Crippen molar-refractivity contribution in [1.29, 1.82) is 0 Å². The SMILES string of the molecule is C=N/C=C(\C=NCc1cc(C(=O)O)sn1)c1ccc(-c2nc3ccc(C(F)(F)F)cc3[nH]2)c(F)c1. The molecular formula is C23H15F4N5O2S. The van der Waals surface area contributed by atoms with Gasteiger partial charge in [0.15, 0.2) is 0 Å². The van der Waals surface area contributed by atoms with E-state index in [0.29, 0.717) is 16.8 Å². The molecule has 2 heterocycles. The van der Waals surface area contributed by atoms with Gasteiger partial charge >= 0.3 is 12.1 Å². The summed E-state index contributed by atoms with van der Waals surface area (Å²) in [5.74, 6) is -1.65. The highest BCUT2D eigenvalue weighted by Crippen LogP contribution is 2.32. The molecule has 0 unspecified atom stereocenters. The van der Waals surface area contributed by atoms with E-state index in [-0.39, 0.29) is 33.8 Å². The zero-order valence-corrected chi connectivity index (χ0v) is 18.5. The topological polar surface area (TPSA) is 104 Å². The fourth-order valence-corrected chi connectivity index (χ4v) is 3.80. The molecule has 2 N–H and O–H groups in total. The Morgan fingerprint density at radius 1 is 1.20 bits per heavy atom. The Morgan fingerprint density at radius 3 is 2.66 bits per heavy atom. The Labute approximate surface area is 199 Å². The number of aromatic carboxylic acids is 1. The molecule has 2 aromatic carbocycles. The fraction of sp³-hybridized carbons (Fsp3) is 0.0870. The molecule has 0 saturated carbocycles. The second kappa shape index (κ2) is 9.58. The monoisotopic (exact) mass is 501 g/mol. The van der Waals surface area contributed by atoms with E-state index >= 15 is 0 Å². The van der Waals surface area contributed by atoms with Crippen LogP contribution in [0.1, 0.15) is 26.5 Å². The number of aromatic amines is 1. The van der Waals surface area contributed by atoms with E-state index < -0.39 is 23.5 Å². The smallest absolute Gasteiger partial charge is 0.416 e. The maximum absolute atomic E-state index is 15.0. The van der Waals surface area contributed by atoms with Gasteiger partial charge in [-0.15, -0.1) is 0 Å². The van der Waals surface area contributed by atoms with Crippen LogP contribution in [0, 0.1) is 5.82 Å². The normalized spacial score (nSPS) is 12.5. The van der Waals surface area contributed by atoms with Crippen LogP contribution in [0.4, 0.5) is 17.6 Å². The molecule has 0 saturated heterocycles. The Hall–Kier alpha value is -4.19. The maximum atomic E-state index is 15.0. The average molecular weight is 501 g/mol. The standard InChI is InChI=1S/C23H15F4N5O2S/c1-28-9-13(10-29-11-15-8-20(22(33)34)35-32-15)12-2-4-16(17(24)6-12)21-30-18-5-3-14(23(25,26)27)7-19(18)31-21/h2-10H,1,11H2,(H,30,31)(H,33,34)/b13-9+,29-10?. The molecule has 4 rings (SSSR count). The van der Waals surface area contributed by atoms with Gasteiger partial charge in [0.25, 0.3) is 0 Å². The second-order valence-corrected chi connectivity index (χ2v) is 8.04. The van der Waals surface area contributed by atoms with Crippen molar-refractivity contribution in [3.05, 3.63) is 76.2 Å². The summed E-state index contributed by atoms with van der Waals surface area (Å²) in [7, 11) is 0. The summed E-state index contributed by atoms with van der Waals surface area (Å²) in [4.78, 5) is 25.9. The van der Waals surface area contributed by atoms with E-state index in [2.05, 4.69) is 31.0 Å². The van der Waals surface area contributed by atoms with Gasteiger partial charge in [-0.2, -0.15) is 17.5 Å². The fourth-order valence-electron chi connectivity index (χ4n) is 3.21. The van der Waals surface area contributed by atoms with Crippen molar-refractivity contribution in [3.8, 4) is 11.4 Å². The van der Waals surface area contributed by atoms with Gasteiger partial charge < -0.3 is 10.1 Å². The first kappa shape index (κ1) is 24.0. The molecule has 0 aliphatic carbocycles. The summed E-state index contributed by atoms with van der Waals surface area (Å²) < 4.78 is 57.9.